The Bertz CT molecular complexity index is 358. The number of nitriles is 1. The number of ether oxygens (including phenoxy) is 1. The maximum absolute atomic E-state index is 8.63. The summed E-state index contributed by atoms with van der Waals surface area (Å²) in [6.45, 7) is 2.29. The number of nitrogens with two attached hydrogens (primary N) is 1. The first-order valence-electron chi connectivity index (χ1n) is 4.21. The van der Waals surface area contributed by atoms with Gasteiger partial charge < -0.3 is 10.5 Å². The maximum Gasteiger partial charge on any atom is 0.120 e. The fraction of sp³-hybridized carbons (Fsp3) is 0.300. The number of halogens is 1. The SMILES string of the molecule is CC(N)COc1ccc(C#N)c(Cl)c1. The van der Waals surface area contributed by atoms with Gasteiger partial charge in [-0.3, -0.25) is 0 Å². The Labute approximate surface area is 88.0 Å². The summed E-state index contributed by atoms with van der Waals surface area (Å²) in [5.74, 6) is 0.631. The molecule has 0 aliphatic heterocycles. The van der Waals surface area contributed by atoms with E-state index in [2.05, 4.69) is 0 Å². The lowest BCUT2D eigenvalue weighted by Gasteiger charge is -2.08. The van der Waals surface area contributed by atoms with Gasteiger partial charge in [-0.1, -0.05) is 11.6 Å². The van der Waals surface area contributed by atoms with E-state index in [0.717, 1.165) is 0 Å². The van der Waals surface area contributed by atoms with Gasteiger partial charge in [0.1, 0.15) is 18.4 Å². The van der Waals surface area contributed by atoms with Crippen molar-refractivity contribution < 1.29 is 4.74 Å². The van der Waals surface area contributed by atoms with Gasteiger partial charge in [-0.15, -0.1) is 0 Å². The number of rotatable bonds is 3. The predicted octanol–water partition coefficient (Wildman–Crippen LogP) is 1.94. The molecule has 0 heterocycles. The third-order valence-corrected chi connectivity index (χ3v) is 1.89. The summed E-state index contributed by atoms with van der Waals surface area (Å²) in [4.78, 5) is 0. The molecule has 0 saturated heterocycles. The van der Waals surface area contributed by atoms with Crippen LogP contribution < -0.4 is 10.5 Å². The minimum Gasteiger partial charge on any atom is -0.492 e. The molecule has 0 bridgehead atoms. The molecule has 74 valence electrons. The van der Waals surface area contributed by atoms with Crippen LogP contribution in [0.5, 0.6) is 5.75 Å². The highest BCUT2D eigenvalue weighted by atomic mass is 35.5. The molecule has 1 atom stereocenters. The Morgan fingerprint density at radius 3 is 2.86 bits per heavy atom. The second-order valence-electron chi connectivity index (χ2n) is 3.04. The van der Waals surface area contributed by atoms with Crippen molar-refractivity contribution >= 4 is 11.6 Å². The van der Waals surface area contributed by atoms with E-state index in [0.29, 0.717) is 22.9 Å². The molecule has 1 rings (SSSR count). The Hall–Kier alpha value is -1.24. The average molecular weight is 211 g/mol. The molecule has 3 nitrogen and oxygen atoms in total. The van der Waals surface area contributed by atoms with E-state index in [9.17, 15) is 0 Å². The van der Waals surface area contributed by atoms with Gasteiger partial charge in [0.15, 0.2) is 0 Å². The topological polar surface area (TPSA) is 59.0 Å². The van der Waals surface area contributed by atoms with E-state index in [1.165, 1.54) is 0 Å². The Morgan fingerprint density at radius 1 is 1.64 bits per heavy atom. The van der Waals surface area contributed by atoms with Gasteiger partial charge in [0.25, 0.3) is 0 Å². The molecular formula is C10H11ClN2O. The Morgan fingerprint density at radius 2 is 2.36 bits per heavy atom. The summed E-state index contributed by atoms with van der Waals surface area (Å²) in [7, 11) is 0. The minimum atomic E-state index is -0.0237. The molecule has 1 unspecified atom stereocenters. The van der Waals surface area contributed by atoms with Crippen LogP contribution in [0.4, 0.5) is 0 Å². The van der Waals surface area contributed by atoms with Crippen LogP contribution in [0.2, 0.25) is 5.02 Å². The molecular weight excluding hydrogens is 200 g/mol. The quantitative estimate of drug-likeness (QED) is 0.830. The lowest BCUT2D eigenvalue weighted by molar-refractivity contribution is 0.296. The standard InChI is InChI=1S/C10H11ClN2O/c1-7(13)6-14-9-3-2-8(5-12)10(11)4-9/h2-4,7H,6,13H2,1H3. The molecule has 2 N–H and O–H groups in total. The lowest BCUT2D eigenvalue weighted by Crippen LogP contribution is -2.23. The largest absolute Gasteiger partial charge is 0.492 e. The molecule has 0 aliphatic rings. The second kappa shape index (κ2) is 4.85. The van der Waals surface area contributed by atoms with E-state index in [1.54, 1.807) is 18.2 Å². The van der Waals surface area contributed by atoms with Gasteiger partial charge in [0, 0.05) is 12.1 Å². The first-order chi connectivity index (χ1) is 6.63. The Balaban J connectivity index is 2.73. The van der Waals surface area contributed by atoms with Crippen molar-refractivity contribution in [1.82, 2.24) is 0 Å². The van der Waals surface area contributed by atoms with Crippen LogP contribution in [-0.2, 0) is 0 Å². The summed E-state index contributed by atoms with van der Waals surface area (Å²) in [6.07, 6.45) is 0. The zero-order valence-corrected chi connectivity index (χ0v) is 8.58. The van der Waals surface area contributed by atoms with Crippen LogP contribution in [0, 0.1) is 11.3 Å². The smallest absolute Gasteiger partial charge is 0.120 e. The van der Waals surface area contributed by atoms with Crippen molar-refractivity contribution in [3.05, 3.63) is 28.8 Å². The van der Waals surface area contributed by atoms with Crippen LogP contribution in [-0.4, -0.2) is 12.6 Å². The van der Waals surface area contributed by atoms with Crippen molar-refractivity contribution in [3.63, 3.8) is 0 Å². The second-order valence-corrected chi connectivity index (χ2v) is 3.45. The van der Waals surface area contributed by atoms with E-state index >= 15 is 0 Å². The van der Waals surface area contributed by atoms with Crippen LogP contribution in [0.15, 0.2) is 18.2 Å². The van der Waals surface area contributed by atoms with Gasteiger partial charge in [-0.05, 0) is 19.1 Å². The van der Waals surface area contributed by atoms with Crippen molar-refractivity contribution in [1.29, 1.82) is 5.26 Å². The third-order valence-electron chi connectivity index (χ3n) is 1.57. The fourth-order valence-corrected chi connectivity index (χ4v) is 1.12. The van der Waals surface area contributed by atoms with E-state index < -0.39 is 0 Å². The third kappa shape index (κ3) is 2.91. The zero-order chi connectivity index (χ0) is 10.6. The number of nitrogens with zero attached hydrogens (tertiary/aromatic N) is 1. The molecule has 1 aromatic rings. The van der Waals surface area contributed by atoms with E-state index in [1.807, 2.05) is 13.0 Å². The molecule has 0 fully saturated rings. The molecule has 4 heteroatoms. The highest BCUT2D eigenvalue weighted by Gasteiger charge is 2.02. The lowest BCUT2D eigenvalue weighted by atomic mass is 10.2. The number of benzene rings is 1. The van der Waals surface area contributed by atoms with Gasteiger partial charge in [-0.2, -0.15) is 5.26 Å². The first kappa shape index (κ1) is 10.8. The van der Waals surface area contributed by atoms with Crippen LogP contribution in [0.1, 0.15) is 12.5 Å². The van der Waals surface area contributed by atoms with Crippen molar-refractivity contribution in [2.24, 2.45) is 5.73 Å². The summed E-state index contributed by atoms with van der Waals surface area (Å²) in [5, 5.41) is 9.03. The molecule has 0 aromatic heterocycles. The van der Waals surface area contributed by atoms with Crippen molar-refractivity contribution in [2.75, 3.05) is 6.61 Å². The highest BCUT2D eigenvalue weighted by molar-refractivity contribution is 6.31. The normalized spacial score (nSPS) is 11.9. The fourth-order valence-electron chi connectivity index (χ4n) is 0.904. The van der Waals surface area contributed by atoms with Gasteiger partial charge in [0.2, 0.25) is 0 Å². The van der Waals surface area contributed by atoms with Crippen LogP contribution in [0.3, 0.4) is 0 Å². The summed E-state index contributed by atoms with van der Waals surface area (Å²) < 4.78 is 5.33. The molecule has 0 amide bonds. The van der Waals surface area contributed by atoms with Crippen LogP contribution in [0.25, 0.3) is 0 Å². The summed E-state index contributed by atoms with van der Waals surface area (Å²) in [5.41, 5.74) is 5.97. The molecule has 0 saturated carbocycles. The van der Waals surface area contributed by atoms with Crippen molar-refractivity contribution in [2.45, 2.75) is 13.0 Å². The molecule has 0 spiro atoms. The predicted molar refractivity (Wildman–Crippen MR) is 55.3 cm³/mol. The minimum absolute atomic E-state index is 0.0237. The Kier molecular flexibility index (Phi) is 3.75. The molecule has 0 radical (unpaired) electrons. The van der Waals surface area contributed by atoms with E-state index in [-0.39, 0.29) is 6.04 Å². The van der Waals surface area contributed by atoms with Crippen LogP contribution >= 0.6 is 11.6 Å². The molecule has 1 aromatic carbocycles. The first-order valence-corrected chi connectivity index (χ1v) is 4.59. The average Bonchev–Trinajstić information content (AvgIpc) is 2.15. The monoisotopic (exact) mass is 210 g/mol. The van der Waals surface area contributed by atoms with Gasteiger partial charge >= 0.3 is 0 Å². The number of hydrogen-bond donors (Lipinski definition) is 1. The summed E-state index contributed by atoms with van der Waals surface area (Å²) in [6, 6.07) is 6.89. The maximum atomic E-state index is 8.63. The molecule has 14 heavy (non-hydrogen) atoms. The van der Waals surface area contributed by atoms with Gasteiger partial charge in [0.05, 0.1) is 10.6 Å². The zero-order valence-electron chi connectivity index (χ0n) is 7.83. The van der Waals surface area contributed by atoms with Gasteiger partial charge in [-0.25, -0.2) is 0 Å². The molecule has 0 aliphatic carbocycles. The summed E-state index contributed by atoms with van der Waals surface area (Å²) >= 11 is 5.81. The van der Waals surface area contributed by atoms with Crippen molar-refractivity contribution in [3.8, 4) is 11.8 Å². The highest BCUT2D eigenvalue weighted by Crippen LogP contribution is 2.21. The number of hydrogen-bond acceptors (Lipinski definition) is 3. The van der Waals surface area contributed by atoms with E-state index in [4.69, 9.17) is 27.3 Å².